The van der Waals surface area contributed by atoms with Crippen LogP contribution in [0.2, 0.25) is 0 Å². The first-order valence-corrected chi connectivity index (χ1v) is 9.36. The summed E-state index contributed by atoms with van der Waals surface area (Å²) < 4.78 is 5.75. The van der Waals surface area contributed by atoms with Crippen molar-refractivity contribution in [3.8, 4) is 5.75 Å². The van der Waals surface area contributed by atoms with Crippen LogP contribution < -0.4 is 10.1 Å². The Morgan fingerprint density at radius 1 is 1.05 bits per heavy atom. The predicted octanol–water partition coefficient (Wildman–Crippen LogP) is 4.48. The van der Waals surface area contributed by atoms with E-state index in [1.54, 1.807) is 6.92 Å². The Kier molecular flexibility index (Phi) is 10.8. The van der Waals surface area contributed by atoms with E-state index in [-0.39, 0.29) is 5.91 Å². The van der Waals surface area contributed by atoms with Gasteiger partial charge in [0.1, 0.15) is 5.75 Å². The Balaban J connectivity index is 2.07. The highest BCUT2D eigenvalue weighted by molar-refractivity contribution is 9.09. The number of carbonyl (C=O) groups is 1. The van der Waals surface area contributed by atoms with Gasteiger partial charge < -0.3 is 10.1 Å². The van der Waals surface area contributed by atoms with Crippen LogP contribution in [0.25, 0.3) is 0 Å². The average Bonchev–Trinajstić information content (AvgIpc) is 2.51. The fraction of sp³-hybridized carbons (Fsp3) is 0.611. The summed E-state index contributed by atoms with van der Waals surface area (Å²) >= 11 is 3.46. The van der Waals surface area contributed by atoms with Crippen LogP contribution >= 0.6 is 15.9 Å². The van der Waals surface area contributed by atoms with Gasteiger partial charge in [-0.3, -0.25) is 4.79 Å². The van der Waals surface area contributed by atoms with Crippen molar-refractivity contribution in [2.24, 2.45) is 0 Å². The van der Waals surface area contributed by atoms with E-state index in [0.29, 0.717) is 6.54 Å². The van der Waals surface area contributed by atoms with E-state index in [4.69, 9.17) is 4.74 Å². The van der Waals surface area contributed by atoms with Crippen molar-refractivity contribution in [1.82, 2.24) is 5.32 Å². The largest absolute Gasteiger partial charge is 0.494 e. The highest BCUT2D eigenvalue weighted by atomic mass is 79.9. The van der Waals surface area contributed by atoms with Crippen molar-refractivity contribution < 1.29 is 9.53 Å². The summed E-state index contributed by atoms with van der Waals surface area (Å²) in [5, 5.41) is 3.92. The molecule has 0 unspecified atom stereocenters. The second kappa shape index (κ2) is 12.5. The van der Waals surface area contributed by atoms with Crippen LogP contribution in [0.3, 0.4) is 0 Å². The number of halogens is 1. The number of rotatable bonds is 12. The van der Waals surface area contributed by atoms with Gasteiger partial charge in [-0.15, -0.1) is 0 Å². The monoisotopic (exact) mass is 369 g/mol. The Hall–Kier alpha value is -1.03. The lowest BCUT2D eigenvalue weighted by molar-refractivity contribution is -0.118. The van der Waals surface area contributed by atoms with Gasteiger partial charge in [-0.1, -0.05) is 53.7 Å². The highest BCUT2D eigenvalue weighted by Crippen LogP contribution is 2.13. The molecular weight excluding hydrogens is 342 g/mol. The fourth-order valence-corrected chi connectivity index (χ4v) is 2.63. The molecule has 0 saturated carbocycles. The number of amides is 1. The Morgan fingerprint density at radius 2 is 1.68 bits per heavy atom. The van der Waals surface area contributed by atoms with Crippen molar-refractivity contribution in [2.45, 2.75) is 51.9 Å². The molecule has 1 rings (SSSR count). The van der Waals surface area contributed by atoms with E-state index in [1.807, 2.05) is 12.1 Å². The number of ether oxygens (including phenoxy) is 1. The minimum absolute atomic E-state index is 0.0205. The third-order valence-corrected chi connectivity index (χ3v) is 4.07. The predicted molar refractivity (Wildman–Crippen MR) is 95.8 cm³/mol. The van der Waals surface area contributed by atoms with Crippen LogP contribution in [-0.2, 0) is 11.2 Å². The molecule has 0 saturated heterocycles. The second-order valence-corrected chi connectivity index (χ2v) is 6.33. The maximum atomic E-state index is 10.8. The number of hydrogen-bond acceptors (Lipinski definition) is 2. The van der Waals surface area contributed by atoms with Crippen LogP contribution in [0.1, 0.15) is 51.0 Å². The Morgan fingerprint density at radius 3 is 2.32 bits per heavy atom. The van der Waals surface area contributed by atoms with Gasteiger partial charge in [0.25, 0.3) is 0 Å². The summed E-state index contributed by atoms with van der Waals surface area (Å²) in [6.07, 6.45) is 8.47. The van der Waals surface area contributed by atoms with Crippen molar-refractivity contribution >= 4 is 21.8 Å². The van der Waals surface area contributed by atoms with E-state index in [2.05, 4.69) is 33.4 Å². The number of hydrogen-bond donors (Lipinski definition) is 1. The van der Waals surface area contributed by atoms with Gasteiger partial charge in [-0.05, 0) is 37.0 Å². The third-order valence-electron chi connectivity index (χ3n) is 3.51. The standard InChI is InChI=1S/C18H28BrNO2/c1-16(21)20-14-12-17-8-10-18(11-9-17)22-15-7-5-3-2-4-6-13-19/h8-11H,2-7,12-15H2,1H3,(H,20,21). The summed E-state index contributed by atoms with van der Waals surface area (Å²) in [7, 11) is 0. The van der Waals surface area contributed by atoms with Crippen molar-refractivity contribution in [1.29, 1.82) is 0 Å². The molecule has 0 bridgehead atoms. The molecular formula is C18H28BrNO2. The number of benzene rings is 1. The first-order chi connectivity index (χ1) is 10.7. The molecule has 1 N–H and O–H groups in total. The summed E-state index contributed by atoms with van der Waals surface area (Å²) in [5.41, 5.74) is 1.22. The molecule has 22 heavy (non-hydrogen) atoms. The maximum Gasteiger partial charge on any atom is 0.216 e. The zero-order valence-electron chi connectivity index (χ0n) is 13.6. The molecule has 0 atom stereocenters. The normalized spacial score (nSPS) is 10.5. The van der Waals surface area contributed by atoms with Crippen LogP contribution in [-0.4, -0.2) is 24.4 Å². The molecule has 3 nitrogen and oxygen atoms in total. The topological polar surface area (TPSA) is 38.3 Å². The first kappa shape index (κ1) is 19.0. The molecule has 0 fully saturated rings. The van der Waals surface area contributed by atoms with Crippen LogP contribution in [0, 0.1) is 0 Å². The molecule has 1 aromatic carbocycles. The average molecular weight is 370 g/mol. The lowest BCUT2D eigenvalue weighted by Crippen LogP contribution is -2.22. The minimum Gasteiger partial charge on any atom is -0.494 e. The SMILES string of the molecule is CC(=O)NCCc1ccc(OCCCCCCCCBr)cc1. The van der Waals surface area contributed by atoms with Gasteiger partial charge in [0.15, 0.2) is 0 Å². The van der Waals surface area contributed by atoms with Gasteiger partial charge in [0, 0.05) is 18.8 Å². The van der Waals surface area contributed by atoms with Crippen molar-refractivity contribution in [3.05, 3.63) is 29.8 Å². The summed E-state index contributed by atoms with van der Waals surface area (Å²) in [6.45, 7) is 3.02. The zero-order chi connectivity index (χ0) is 16.0. The van der Waals surface area contributed by atoms with Gasteiger partial charge in [0.05, 0.1) is 6.61 Å². The van der Waals surface area contributed by atoms with Crippen molar-refractivity contribution in [2.75, 3.05) is 18.5 Å². The van der Waals surface area contributed by atoms with Gasteiger partial charge >= 0.3 is 0 Å². The molecule has 0 heterocycles. The van der Waals surface area contributed by atoms with E-state index >= 15 is 0 Å². The zero-order valence-corrected chi connectivity index (χ0v) is 15.2. The molecule has 0 aliphatic carbocycles. The lowest BCUT2D eigenvalue weighted by Gasteiger charge is -2.07. The van der Waals surface area contributed by atoms with Crippen molar-refractivity contribution in [3.63, 3.8) is 0 Å². The highest BCUT2D eigenvalue weighted by Gasteiger charge is 1.97. The van der Waals surface area contributed by atoms with E-state index in [1.165, 1.54) is 37.7 Å². The molecule has 124 valence electrons. The molecule has 0 spiro atoms. The number of alkyl halides is 1. The summed E-state index contributed by atoms with van der Waals surface area (Å²) in [4.78, 5) is 10.8. The maximum absolute atomic E-state index is 10.8. The van der Waals surface area contributed by atoms with Gasteiger partial charge in [-0.2, -0.15) is 0 Å². The Labute approximate surface area is 143 Å². The van der Waals surface area contributed by atoms with Crippen LogP contribution in [0.15, 0.2) is 24.3 Å². The molecule has 0 aliphatic heterocycles. The number of carbonyl (C=O) groups excluding carboxylic acids is 1. The minimum atomic E-state index is 0.0205. The van der Waals surface area contributed by atoms with Crippen LogP contribution in [0.4, 0.5) is 0 Å². The second-order valence-electron chi connectivity index (χ2n) is 5.54. The molecule has 1 aromatic rings. The Bertz CT molecular complexity index is 406. The number of unbranched alkanes of at least 4 members (excludes halogenated alkanes) is 5. The first-order valence-electron chi connectivity index (χ1n) is 8.24. The number of nitrogens with one attached hydrogen (secondary N) is 1. The van der Waals surface area contributed by atoms with E-state index < -0.39 is 0 Å². The molecule has 4 heteroatoms. The fourth-order valence-electron chi connectivity index (χ4n) is 2.23. The molecule has 1 amide bonds. The summed E-state index contributed by atoms with van der Waals surface area (Å²) in [5.74, 6) is 0.953. The van der Waals surface area contributed by atoms with Crippen LogP contribution in [0.5, 0.6) is 5.75 Å². The quantitative estimate of drug-likeness (QED) is 0.435. The smallest absolute Gasteiger partial charge is 0.216 e. The lowest BCUT2D eigenvalue weighted by atomic mass is 10.1. The summed E-state index contributed by atoms with van der Waals surface area (Å²) in [6, 6.07) is 8.16. The molecule has 0 aromatic heterocycles. The molecule has 0 aliphatic rings. The third kappa shape index (κ3) is 9.82. The van der Waals surface area contributed by atoms with E-state index in [9.17, 15) is 4.79 Å². The molecule has 0 radical (unpaired) electrons. The van der Waals surface area contributed by atoms with Gasteiger partial charge in [-0.25, -0.2) is 0 Å². The van der Waals surface area contributed by atoms with E-state index in [0.717, 1.165) is 30.5 Å². The van der Waals surface area contributed by atoms with Gasteiger partial charge in [0.2, 0.25) is 5.91 Å².